The van der Waals surface area contributed by atoms with Crippen molar-refractivity contribution in [2.75, 3.05) is 0 Å². The summed E-state index contributed by atoms with van der Waals surface area (Å²) in [4.78, 5) is 17.5. The average Bonchev–Trinajstić information content (AvgIpc) is 2.84. The molecule has 0 aliphatic carbocycles. The predicted octanol–water partition coefficient (Wildman–Crippen LogP) is 5.76. The molecule has 2 N–H and O–H groups in total. The van der Waals surface area contributed by atoms with Crippen molar-refractivity contribution in [2.45, 2.75) is 12.7 Å². The highest BCUT2D eigenvalue weighted by Gasteiger charge is 2.31. The number of halogens is 2. The highest BCUT2D eigenvalue weighted by molar-refractivity contribution is 6.03. The largest absolute Gasteiger partial charge is 0.435 e. The molecule has 0 saturated heterocycles. The van der Waals surface area contributed by atoms with Crippen molar-refractivity contribution >= 4 is 28.2 Å². The lowest BCUT2D eigenvalue weighted by atomic mass is 9.90. The van der Waals surface area contributed by atoms with Crippen molar-refractivity contribution in [3.8, 4) is 5.75 Å². The predicted molar refractivity (Wildman–Crippen MR) is 122 cm³/mol. The minimum absolute atomic E-state index is 0.0478. The molecule has 1 unspecified atom stereocenters. The molecule has 7 heteroatoms. The molecule has 0 fully saturated rings. The number of fused-ring (bicyclic) bond motifs is 1. The molecule has 33 heavy (non-hydrogen) atoms. The molecule has 164 valence electrons. The van der Waals surface area contributed by atoms with E-state index in [1.54, 1.807) is 12.1 Å². The quantitative estimate of drug-likeness (QED) is 0.412. The van der Waals surface area contributed by atoms with Gasteiger partial charge in [0.1, 0.15) is 5.75 Å². The summed E-state index contributed by atoms with van der Waals surface area (Å²) in [7, 11) is 0. The third-order valence-electron chi connectivity index (χ3n) is 5.45. The van der Waals surface area contributed by atoms with Gasteiger partial charge in [0, 0.05) is 11.0 Å². The first-order valence-electron chi connectivity index (χ1n) is 10.4. The fourth-order valence-corrected chi connectivity index (χ4v) is 3.98. The van der Waals surface area contributed by atoms with Crippen LogP contribution in [0.5, 0.6) is 5.75 Å². The van der Waals surface area contributed by atoms with E-state index in [9.17, 15) is 13.6 Å². The summed E-state index contributed by atoms with van der Waals surface area (Å²) in [5.41, 5.74) is 4.48. The topological polar surface area (TPSA) is 63.2 Å². The number of aromatic nitrogens is 1. The van der Waals surface area contributed by atoms with Crippen molar-refractivity contribution in [3.63, 3.8) is 0 Å². The van der Waals surface area contributed by atoms with Crippen LogP contribution in [0.4, 0.5) is 13.6 Å². The summed E-state index contributed by atoms with van der Waals surface area (Å²) in [6.07, 6.45) is 0. The molecule has 2 heterocycles. The number of amides is 2. The SMILES string of the molecule is O=C1NC(c2ccccc2)=C(c2ccc3ccccc3n2)C(c2ccc(OC(F)F)cc2)N1. The molecule has 0 bridgehead atoms. The van der Waals surface area contributed by atoms with E-state index in [2.05, 4.69) is 15.4 Å². The minimum Gasteiger partial charge on any atom is -0.435 e. The summed E-state index contributed by atoms with van der Waals surface area (Å²) >= 11 is 0. The van der Waals surface area contributed by atoms with Gasteiger partial charge in [0.15, 0.2) is 0 Å². The smallest absolute Gasteiger partial charge is 0.387 e. The number of para-hydroxylation sites is 1. The molecule has 4 aromatic rings. The first-order valence-corrected chi connectivity index (χ1v) is 10.4. The second-order valence-corrected chi connectivity index (χ2v) is 7.52. The Morgan fingerprint density at radius 2 is 1.58 bits per heavy atom. The Morgan fingerprint density at radius 3 is 2.33 bits per heavy atom. The van der Waals surface area contributed by atoms with Gasteiger partial charge in [0.25, 0.3) is 0 Å². The molecular weight excluding hydrogens is 424 g/mol. The number of nitrogens with zero attached hydrogens (tertiary/aromatic N) is 1. The van der Waals surface area contributed by atoms with E-state index < -0.39 is 12.7 Å². The Labute approximate surface area is 188 Å². The van der Waals surface area contributed by atoms with E-state index in [0.29, 0.717) is 17.0 Å². The normalized spacial score (nSPS) is 16.0. The van der Waals surface area contributed by atoms with Crippen LogP contribution < -0.4 is 15.4 Å². The number of hydrogen-bond donors (Lipinski definition) is 2. The van der Waals surface area contributed by atoms with Gasteiger partial charge in [0.05, 0.1) is 22.9 Å². The maximum absolute atomic E-state index is 12.6. The number of carbonyl (C=O) groups is 1. The lowest BCUT2D eigenvalue weighted by Crippen LogP contribution is -2.43. The van der Waals surface area contributed by atoms with E-state index in [4.69, 9.17) is 4.98 Å². The van der Waals surface area contributed by atoms with E-state index in [1.165, 1.54) is 12.1 Å². The first kappa shape index (κ1) is 20.6. The van der Waals surface area contributed by atoms with Crippen LogP contribution in [0.2, 0.25) is 0 Å². The third kappa shape index (κ3) is 4.25. The maximum Gasteiger partial charge on any atom is 0.387 e. The van der Waals surface area contributed by atoms with Crippen molar-refractivity contribution in [1.82, 2.24) is 15.6 Å². The number of carbonyl (C=O) groups excluding carboxylic acids is 1. The van der Waals surface area contributed by atoms with Gasteiger partial charge in [-0.05, 0) is 35.4 Å². The molecule has 0 saturated carbocycles. The zero-order valence-electron chi connectivity index (χ0n) is 17.3. The molecule has 0 radical (unpaired) electrons. The summed E-state index contributed by atoms with van der Waals surface area (Å²) in [6.45, 7) is -2.91. The van der Waals surface area contributed by atoms with Gasteiger partial charge >= 0.3 is 12.6 Å². The molecule has 5 nitrogen and oxygen atoms in total. The van der Waals surface area contributed by atoms with Crippen LogP contribution in [0.3, 0.4) is 0 Å². The molecule has 3 aromatic carbocycles. The van der Waals surface area contributed by atoms with Crippen molar-refractivity contribution < 1.29 is 18.3 Å². The molecule has 0 spiro atoms. The van der Waals surface area contributed by atoms with E-state index in [0.717, 1.165) is 22.0 Å². The number of rotatable bonds is 5. The zero-order valence-corrected chi connectivity index (χ0v) is 17.3. The van der Waals surface area contributed by atoms with Crippen molar-refractivity contribution in [3.05, 3.63) is 108 Å². The third-order valence-corrected chi connectivity index (χ3v) is 5.45. The molecular formula is C26H19F2N3O2. The summed E-state index contributed by atoms with van der Waals surface area (Å²) < 4.78 is 29.6. The maximum atomic E-state index is 12.6. The number of ether oxygens (including phenoxy) is 1. The molecule has 1 aromatic heterocycles. The first-order chi connectivity index (χ1) is 16.1. The van der Waals surface area contributed by atoms with Gasteiger partial charge in [-0.25, -0.2) is 9.78 Å². The Balaban J connectivity index is 1.68. The highest BCUT2D eigenvalue weighted by Crippen LogP contribution is 2.38. The molecule has 2 amide bonds. The van der Waals surface area contributed by atoms with E-state index in [-0.39, 0.29) is 11.8 Å². The van der Waals surface area contributed by atoms with Crippen LogP contribution >= 0.6 is 0 Å². The van der Waals surface area contributed by atoms with Gasteiger partial charge in [0.2, 0.25) is 0 Å². The second kappa shape index (κ2) is 8.70. The second-order valence-electron chi connectivity index (χ2n) is 7.52. The number of nitrogens with one attached hydrogen (secondary N) is 2. The van der Waals surface area contributed by atoms with Gasteiger partial charge < -0.3 is 15.4 Å². The minimum atomic E-state index is -2.91. The van der Waals surface area contributed by atoms with Crippen LogP contribution in [0.15, 0.2) is 91.0 Å². The monoisotopic (exact) mass is 443 g/mol. The Morgan fingerprint density at radius 1 is 0.848 bits per heavy atom. The number of hydrogen-bond acceptors (Lipinski definition) is 3. The summed E-state index contributed by atoms with van der Waals surface area (Å²) in [5, 5.41) is 6.89. The Hall–Kier alpha value is -4.26. The highest BCUT2D eigenvalue weighted by atomic mass is 19.3. The van der Waals surface area contributed by atoms with Gasteiger partial charge in [-0.3, -0.25) is 0 Å². The number of benzene rings is 3. The van der Waals surface area contributed by atoms with Crippen molar-refractivity contribution in [2.24, 2.45) is 0 Å². The molecule has 1 atom stereocenters. The zero-order chi connectivity index (χ0) is 22.8. The van der Waals surface area contributed by atoms with Crippen LogP contribution in [0.1, 0.15) is 22.9 Å². The van der Waals surface area contributed by atoms with Crippen LogP contribution in [-0.2, 0) is 0 Å². The fraction of sp³-hybridized carbons (Fsp3) is 0.0769. The van der Waals surface area contributed by atoms with E-state index in [1.807, 2.05) is 66.7 Å². The average molecular weight is 443 g/mol. The lowest BCUT2D eigenvalue weighted by Gasteiger charge is -2.31. The summed E-state index contributed by atoms with van der Waals surface area (Å²) in [6, 6.07) is 26.6. The summed E-state index contributed by atoms with van der Waals surface area (Å²) in [5.74, 6) is 0.0478. The Kier molecular flexibility index (Phi) is 5.44. The number of urea groups is 1. The van der Waals surface area contributed by atoms with Crippen LogP contribution in [0, 0.1) is 0 Å². The number of pyridine rings is 1. The molecule has 1 aliphatic rings. The van der Waals surface area contributed by atoms with Gasteiger partial charge in [-0.2, -0.15) is 8.78 Å². The standard InChI is InChI=1S/C26H19F2N3O2/c27-25(28)33-19-13-10-18(11-14-19)24-22(21-15-12-16-6-4-5-9-20(16)29-21)23(30-26(32)31-24)17-7-2-1-3-8-17/h1-15,24-25H,(H2,30,31,32). The van der Waals surface area contributed by atoms with Crippen molar-refractivity contribution in [1.29, 1.82) is 0 Å². The lowest BCUT2D eigenvalue weighted by molar-refractivity contribution is -0.0498. The fourth-order valence-electron chi connectivity index (χ4n) is 3.98. The molecule has 5 rings (SSSR count). The van der Waals surface area contributed by atoms with E-state index >= 15 is 0 Å². The molecule has 1 aliphatic heterocycles. The van der Waals surface area contributed by atoms with Crippen LogP contribution in [-0.4, -0.2) is 17.6 Å². The number of alkyl halides is 2. The van der Waals surface area contributed by atoms with Gasteiger partial charge in [-0.1, -0.05) is 66.7 Å². The Bertz CT molecular complexity index is 1340. The van der Waals surface area contributed by atoms with Crippen LogP contribution in [0.25, 0.3) is 22.2 Å². The van der Waals surface area contributed by atoms with Gasteiger partial charge in [-0.15, -0.1) is 0 Å².